The fourth-order valence-electron chi connectivity index (χ4n) is 4.83. The summed E-state index contributed by atoms with van der Waals surface area (Å²) in [7, 11) is 3.21. The van der Waals surface area contributed by atoms with Gasteiger partial charge >= 0.3 is 0 Å². The average molecular weight is 424 g/mol. The van der Waals surface area contributed by atoms with Crippen molar-refractivity contribution < 1.29 is 14.3 Å². The van der Waals surface area contributed by atoms with Crippen LogP contribution < -0.4 is 14.4 Å². The predicted octanol–water partition coefficient (Wildman–Crippen LogP) is 3.44. The number of aryl methyl sites for hydroxylation is 1. The third-order valence-corrected chi connectivity index (χ3v) is 6.61. The molecule has 2 aromatic carbocycles. The van der Waals surface area contributed by atoms with E-state index < -0.39 is 0 Å². The summed E-state index contributed by atoms with van der Waals surface area (Å²) >= 11 is 0. The molecule has 2 aliphatic rings. The number of amides is 1. The van der Waals surface area contributed by atoms with Crippen LogP contribution in [0.2, 0.25) is 0 Å². The van der Waals surface area contributed by atoms with Crippen LogP contribution in [-0.2, 0) is 0 Å². The standard InChI is InChI=1S/C25H33N3O3/c1-19-7-4-5-9-23(19)27-15-13-26(14-16-27)20-8-6-12-28(18-20)25(29)22-11-10-21(30-2)17-24(22)31-3/h4-5,7,9-11,17,20H,6,8,12-16,18H2,1-3H3. The van der Waals surface area contributed by atoms with Gasteiger partial charge in [0.2, 0.25) is 0 Å². The molecule has 6 nitrogen and oxygen atoms in total. The third-order valence-electron chi connectivity index (χ3n) is 6.61. The van der Waals surface area contributed by atoms with E-state index in [9.17, 15) is 4.79 Å². The number of nitrogens with zero attached hydrogens (tertiary/aromatic N) is 3. The Morgan fingerprint density at radius 3 is 2.45 bits per heavy atom. The Balaban J connectivity index is 1.39. The van der Waals surface area contributed by atoms with E-state index in [0.717, 1.165) is 52.1 Å². The van der Waals surface area contributed by atoms with Crippen LogP contribution in [0, 0.1) is 6.92 Å². The Bertz CT molecular complexity index is 909. The highest BCUT2D eigenvalue weighted by atomic mass is 16.5. The Morgan fingerprint density at radius 1 is 0.968 bits per heavy atom. The first-order valence-electron chi connectivity index (χ1n) is 11.2. The maximum atomic E-state index is 13.3. The van der Waals surface area contributed by atoms with Gasteiger partial charge in [0.25, 0.3) is 5.91 Å². The lowest BCUT2D eigenvalue weighted by molar-refractivity contribution is 0.0560. The smallest absolute Gasteiger partial charge is 0.257 e. The molecule has 4 rings (SSSR count). The number of rotatable bonds is 5. The normalized spacial score (nSPS) is 19.9. The molecule has 2 aliphatic heterocycles. The summed E-state index contributed by atoms with van der Waals surface area (Å²) in [5, 5.41) is 0. The van der Waals surface area contributed by atoms with E-state index in [1.807, 2.05) is 17.0 Å². The molecule has 2 heterocycles. The highest BCUT2D eigenvalue weighted by Crippen LogP contribution is 2.28. The van der Waals surface area contributed by atoms with Crippen molar-refractivity contribution in [2.45, 2.75) is 25.8 Å². The molecule has 1 amide bonds. The lowest BCUT2D eigenvalue weighted by Gasteiger charge is -2.44. The van der Waals surface area contributed by atoms with E-state index in [1.165, 1.54) is 11.3 Å². The molecule has 0 N–H and O–H groups in total. The van der Waals surface area contributed by atoms with E-state index in [4.69, 9.17) is 9.47 Å². The number of para-hydroxylation sites is 1. The number of piperazine rings is 1. The fraction of sp³-hybridized carbons (Fsp3) is 0.480. The van der Waals surface area contributed by atoms with Crippen molar-refractivity contribution in [2.24, 2.45) is 0 Å². The first kappa shape index (κ1) is 21.5. The van der Waals surface area contributed by atoms with Crippen LogP contribution in [0.4, 0.5) is 5.69 Å². The van der Waals surface area contributed by atoms with E-state index in [-0.39, 0.29) is 5.91 Å². The van der Waals surface area contributed by atoms with Crippen molar-refractivity contribution in [1.29, 1.82) is 0 Å². The number of piperidine rings is 1. The molecule has 2 fully saturated rings. The van der Waals surface area contributed by atoms with Crippen molar-refractivity contribution in [2.75, 3.05) is 58.4 Å². The van der Waals surface area contributed by atoms with Crippen LogP contribution in [0.1, 0.15) is 28.8 Å². The summed E-state index contributed by atoms with van der Waals surface area (Å²) < 4.78 is 10.7. The number of anilines is 1. The summed E-state index contributed by atoms with van der Waals surface area (Å²) in [6.45, 7) is 7.88. The SMILES string of the molecule is COc1ccc(C(=O)N2CCCC(N3CCN(c4ccccc4C)CC3)C2)c(OC)c1. The number of hydrogen-bond donors (Lipinski definition) is 0. The van der Waals surface area contributed by atoms with E-state index in [0.29, 0.717) is 23.1 Å². The van der Waals surface area contributed by atoms with Gasteiger partial charge in [-0.3, -0.25) is 9.69 Å². The van der Waals surface area contributed by atoms with Gasteiger partial charge in [-0.2, -0.15) is 0 Å². The molecule has 0 aliphatic carbocycles. The highest BCUT2D eigenvalue weighted by Gasteiger charge is 2.31. The van der Waals surface area contributed by atoms with Crippen LogP contribution in [0.15, 0.2) is 42.5 Å². The van der Waals surface area contributed by atoms with Gasteiger partial charge in [-0.1, -0.05) is 18.2 Å². The number of likely N-dealkylation sites (tertiary alicyclic amines) is 1. The van der Waals surface area contributed by atoms with Gasteiger partial charge in [-0.05, 0) is 43.5 Å². The second-order valence-corrected chi connectivity index (χ2v) is 8.42. The predicted molar refractivity (Wildman–Crippen MR) is 123 cm³/mol. The first-order valence-corrected chi connectivity index (χ1v) is 11.2. The lowest BCUT2D eigenvalue weighted by Crippen LogP contribution is -2.56. The maximum absolute atomic E-state index is 13.3. The highest BCUT2D eigenvalue weighted by molar-refractivity contribution is 5.97. The number of hydrogen-bond acceptors (Lipinski definition) is 5. The Hall–Kier alpha value is -2.73. The average Bonchev–Trinajstić information content (AvgIpc) is 2.83. The van der Waals surface area contributed by atoms with Crippen LogP contribution in [0.5, 0.6) is 11.5 Å². The molecular formula is C25H33N3O3. The Morgan fingerprint density at radius 2 is 1.74 bits per heavy atom. The summed E-state index contributed by atoms with van der Waals surface area (Å²) in [6, 6.07) is 14.4. The molecule has 0 saturated carbocycles. The van der Waals surface area contributed by atoms with Crippen molar-refractivity contribution >= 4 is 11.6 Å². The third kappa shape index (κ3) is 4.64. The molecule has 2 aromatic rings. The maximum Gasteiger partial charge on any atom is 0.257 e. The summed E-state index contributed by atoms with van der Waals surface area (Å²) in [6.07, 6.45) is 2.18. The summed E-state index contributed by atoms with van der Waals surface area (Å²) in [4.78, 5) is 20.3. The monoisotopic (exact) mass is 423 g/mol. The quantitative estimate of drug-likeness (QED) is 0.737. The molecule has 166 valence electrons. The molecule has 1 atom stereocenters. The zero-order chi connectivity index (χ0) is 21.8. The van der Waals surface area contributed by atoms with Gasteiger partial charge in [-0.25, -0.2) is 0 Å². The number of carbonyl (C=O) groups is 1. The number of ether oxygens (including phenoxy) is 2. The van der Waals surface area contributed by atoms with Gasteiger partial charge in [0.15, 0.2) is 0 Å². The van der Waals surface area contributed by atoms with Gasteiger partial charge < -0.3 is 19.3 Å². The van der Waals surface area contributed by atoms with Gasteiger partial charge in [0, 0.05) is 57.1 Å². The lowest BCUT2D eigenvalue weighted by atomic mass is 10.0. The molecule has 0 bridgehead atoms. The molecule has 2 saturated heterocycles. The minimum absolute atomic E-state index is 0.0442. The van der Waals surface area contributed by atoms with E-state index in [1.54, 1.807) is 20.3 Å². The van der Waals surface area contributed by atoms with Gasteiger partial charge in [0.1, 0.15) is 11.5 Å². The number of carbonyl (C=O) groups excluding carboxylic acids is 1. The number of benzene rings is 2. The molecule has 0 spiro atoms. The van der Waals surface area contributed by atoms with Crippen LogP contribution in [0.25, 0.3) is 0 Å². The Kier molecular flexibility index (Phi) is 6.66. The summed E-state index contributed by atoms with van der Waals surface area (Å²) in [5.74, 6) is 1.30. The number of methoxy groups -OCH3 is 2. The molecular weight excluding hydrogens is 390 g/mol. The summed E-state index contributed by atoms with van der Waals surface area (Å²) in [5.41, 5.74) is 3.28. The van der Waals surface area contributed by atoms with Crippen LogP contribution in [-0.4, -0.2) is 75.2 Å². The molecule has 0 radical (unpaired) electrons. The molecule has 31 heavy (non-hydrogen) atoms. The van der Waals surface area contributed by atoms with E-state index in [2.05, 4.69) is 41.0 Å². The van der Waals surface area contributed by atoms with Crippen LogP contribution in [0.3, 0.4) is 0 Å². The van der Waals surface area contributed by atoms with Crippen molar-refractivity contribution in [1.82, 2.24) is 9.80 Å². The molecule has 1 unspecified atom stereocenters. The second kappa shape index (κ2) is 9.60. The van der Waals surface area contributed by atoms with Gasteiger partial charge in [-0.15, -0.1) is 0 Å². The second-order valence-electron chi connectivity index (χ2n) is 8.42. The first-order chi connectivity index (χ1) is 15.1. The van der Waals surface area contributed by atoms with Crippen LogP contribution >= 0.6 is 0 Å². The van der Waals surface area contributed by atoms with Crippen molar-refractivity contribution in [3.63, 3.8) is 0 Å². The van der Waals surface area contributed by atoms with Crippen molar-refractivity contribution in [3.05, 3.63) is 53.6 Å². The van der Waals surface area contributed by atoms with Crippen molar-refractivity contribution in [3.8, 4) is 11.5 Å². The van der Waals surface area contributed by atoms with E-state index >= 15 is 0 Å². The molecule has 6 heteroatoms. The topological polar surface area (TPSA) is 45.2 Å². The largest absolute Gasteiger partial charge is 0.497 e. The molecule has 0 aromatic heterocycles. The Labute approximate surface area is 185 Å². The zero-order valence-electron chi connectivity index (χ0n) is 18.8. The zero-order valence-corrected chi connectivity index (χ0v) is 18.8. The minimum Gasteiger partial charge on any atom is -0.497 e. The van der Waals surface area contributed by atoms with Gasteiger partial charge in [0.05, 0.1) is 19.8 Å². The fourth-order valence-corrected chi connectivity index (χ4v) is 4.83. The minimum atomic E-state index is 0.0442.